The minimum Gasteiger partial charge on any atom is -0.377 e. The van der Waals surface area contributed by atoms with Crippen molar-refractivity contribution in [2.24, 2.45) is 5.84 Å². The van der Waals surface area contributed by atoms with Crippen molar-refractivity contribution < 1.29 is 4.74 Å². The van der Waals surface area contributed by atoms with Gasteiger partial charge in [0.2, 0.25) is 0 Å². The van der Waals surface area contributed by atoms with Crippen LogP contribution >= 0.6 is 11.6 Å². The highest BCUT2D eigenvalue weighted by Gasteiger charge is 2.30. The first-order valence-electron chi connectivity index (χ1n) is 6.10. The van der Waals surface area contributed by atoms with Crippen LogP contribution in [-0.2, 0) is 17.7 Å². The molecule has 0 aliphatic carbocycles. The molecule has 0 saturated carbocycles. The lowest BCUT2D eigenvalue weighted by atomic mass is 9.94. The van der Waals surface area contributed by atoms with Gasteiger partial charge in [0, 0.05) is 20.1 Å². The third-order valence-electron chi connectivity index (χ3n) is 3.42. The molecule has 6 heteroatoms. The molecule has 3 N–H and O–H groups in total. The second-order valence-electron chi connectivity index (χ2n) is 4.89. The van der Waals surface area contributed by atoms with Gasteiger partial charge in [-0.3, -0.25) is 16.0 Å². The molecule has 104 valence electrons. The van der Waals surface area contributed by atoms with Crippen molar-refractivity contribution in [3.63, 3.8) is 0 Å². The summed E-state index contributed by atoms with van der Waals surface area (Å²) < 4.78 is 7.38. The van der Waals surface area contributed by atoms with E-state index in [2.05, 4.69) is 10.5 Å². The number of aromatic nitrogens is 2. The van der Waals surface area contributed by atoms with Gasteiger partial charge >= 0.3 is 0 Å². The van der Waals surface area contributed by atoms with E-state index < -0.39 is 0 Å². The Hall–Kier alpha value is -0.620. The number of hydrogen-bond donors (Lipinski definition) is 2. The lowest BCUT2D eigenvalue weighted by Crippen LogP contribution is -2.52. The SMILES string of the molecule is CCn1nc(C)c(Cl)c1CC(NN)C(C)(C)OC. The lowest BCUT2D eigenvalue weighted by molar-refractivity contribution is -0.0105. The summed E-state index contributed by atoms with van der Waals surface area (Å²) in [6, 6.07) is -0.0404. The molecule has 1 rings (SSSR count). The average molecular weight is 275 g/mol. The monoisotopic (exact) mass is 274 g/mol. The predicted octanol–water partition coefficient (Wildman–Crippen LogP) is 1.66. The van der Waals surface area contributed by atoms with Crippen molar-refractivity contribution in [1.82, 2.24) is 15.2 Å². The lowest BCUT2D eigenvalue weighted by Gasteiger charge is -2.32. The van der Waals surface area contributed by atoms with E-state index in [1.165, 1.54) is 0 Å². The van der Waals surface area contributed by atoms with Gasteiger partial charge in [0.15, 0.2) is 0 Å². The van der Waals surface area contributed by atoms with Crippen LogP contribution < -0.4 is 11.3 Å². The van der Waals surface area contributed by atoms with E-state index in [0.29, 0.717) is 11.4 Å². The smallest absolute Gasteiger partial charge is 0.0847 e. The van der Waals surface area contributed by atoms with Crippen LogP contribution in [0.15, 0.2) is 0 Å². The number of hydrazine groups is 1. The van der Waals surface area contributed by atoms with Gasteiger partial charge in [-0.1, -0.05) is 11.6 Å². The molecule has 0 bridgehead atoms. The first-order valence-corrected chi connectivity index (χ1v) is 6.48. The number of rotatable bonds is 6. The van der Waals surface area contributed by atoms with Gasteiger partial charge in [0.05, 0.1) is 28.1 Å². The molecular formula is C12H23ClN4O. The zero-order valence-corrected chi connectivity index (χ0v) is 12.5. The molecule has 1 heterocycles. The van der Waals surface area contributed by atoms with Gasteiger partial charge in [0.1, 0.15) is 0 Å². The highest BCUT2D eigenvalue weighted by atomic mass is 35.5. The first-order chi connectivity index (χ1) is 8.37. The Morgan fingerprint density at radius 1 is 1.56 bits per heavy atom. The van der Waals surface area contributed by atoms with Gasteiger partial charge in [-0.15, -0.1) is 0 Å². The number of nitrogens with one attached hydrogen (secondary N) is 1. The Morgan fingerprint density at radius 2 is 2.17 bits per heavy atom. The molecule has 0 aromatic carbocycles. The van der Waals surface area contributed by atoms with Crippen molar-refractivity contribution in [3.8, 4) is 0 Å². The normalized spacial score (nSPS) is 13.9. The summed E-state index contributed by atoms with van der Waals surface area (Å²) in [5, 5.41) is 5.11. The average Bonchev–Trinajstić information content (AvgIpc) is 2.62. The zero-order chi connectivity index (χ0) is 13.9. The molecule has 5 nitrogen and oxygen atoms in total. The van der Waals surface area contributed by atoms with Crippen LogP contribution in [0.25, 0.3) is 0 Å². The van der Waals surface area contributed by atoms with Crippen molar-refractivity contribution in [2.45, 2.75) is 52.3 Å². The molecule has 0 aliphatic rings. The van der Waals surface area contributed by atoms with Crippen LogP contribution in [0, 0.1) is 6.92 Å². The molecular weight excluding hydrogens is 252 g/mol. The predicted molar refractivity (Wildman–Crippen MR) is 73.6 cm³/mol. The second kappa shape index (κ2) is 6.02. The van der Waals surface area contributed by atoms with Crippen LogP contribution in [0.4, 0.5) is 0 Å². The largest absolute Gasteiger partial charge is 0.377 e. The van der Waals surface area contributed by atoms with Gasteiger partial charge in [-0.2, -0.15) is 5.10 Å². The standard InChI is InChI=1S/C12H23ClN4O/c1-6-17-9(11(13)8(2)16-17)7-10(15-14)12(3,4)18-5/h10,15H,6-7,14H2,1-5H3. The Labute approximate surface area is 114 Å². The van der Waals surface area contributed by atoms with Crippen LogP contribution in [0.1, 0.15) is 32.2 Å². The fraction of sp³-hybridized carbons (Fsp3) is 0.750. The molecule has 1 atom stereocenters. The number of methoxy groups -OCH3 is 1. The second-order valence-corrected chi connectivity index (χ2v) is 5.27. The molecule has 1 unspecified atom stereocenters. The number of hydrogen-bond acceptors (Lipinski definition) is 4. The summed E-state index contributed by atoms with van der Waals surface area (Å²) in [6.45, 7) is 8.71. The Balaban J connectivity index is 3.02. The van der Waals surface area contributed by atoms with E-state index in [1.54, 1.807) is 7.11 Å². The molecule has 0 fully saturated rings. The van der Waals surface area contributed by atoms with E-state index >= 15 is 0 Å². The third-order valence-corrected chi connectivity index (χ3v) is 3.91. The molecule has 0 spiro atoms. The van der Waals surface area contributed by atoms with E-state index in [-0.39, 0.29) is 11.6 Å². The molecule has 0 amide bonds. The molecule has 1 aromatic heterocycles. The van der Waals surface area contributed by atoms with Gasteiger partial charge in [-0.05, 0) is 27.7 Å². The fourth-order valence-electron chi connectivity index (χ4n) is 1.91. The van der Waals surface area contributed by atoms with Gasteiger partial charge in [0.25, 0.3) is 0 Å². The minimum absolute atomic E-state index is 0.0404. The van der Waals surface area contributed by atoms with Crippen LogP contribution in [0.3, 0.4) is 0 Å². The summed E-state index contributed by atoms with van der Waals surface area (Å²) in [6.07, 6.45) is 0.671. The Kier molecular flexibility index (Phi) is 5.16. The molecule has 0 aliphatic heterocycles. The molecule has 1 aromatic rings. The Bertz CT molecular complexity index is 403. The summed E-state index contributed by atoms with van der Waals surface area (Å²) in [7, 11) is 1.67. The number of halogens is 1. The molecule has 18 heavy (non-hydrogen) atoms. The maximum absolute atomic E-state index is 6.29. The molecule has 0 saturated heterocycles. The van der Waals surface area contributed by atoms with E-state index in [0.717, 1.165) is 17.9 Å². The quantitative estimate of drug-likeness (QED) is 0.612. The summed E-state index contributed by atoms with van der Waals surface area (Å²) in [4.78, 5) is 0. The van der Waals surface area contributed by atoms with E-state index in [9.17, 15) is 0 Å². The van der Waals surface area contributed by atoms with E-state index in [4.69, 9.17) is 22.2 Å². The highest BCUT2D eigenvalue weighted by molar-refractivity contribution is 6.31. The summed E-state index contributed by atoms with van der Waals surface area (Å²) >= 11 is 6.29. The summed E-state index contributed by atoms with van der Waals surface area (Å²) in [5.41, 5.74) is 4.26. The number of nitrogens with zero attached hydrogens (tertiary/aromatic N) is 2. The number of aryl methyl sites for hydroxylation is 2. The highest BCUT2D eigenvalue weighted by Crippen LogP contribution is 2.25. The minimum atomic E-state index is -0.380. The summed E-state index contributed by atoms with van der Waals surface area (Å²) in [5.74, 6) is 5.63. The van der Waals surface area contributed by atoms with Crippen molar-refractivity contribution >= 4 is 11.6 Å². The van der Waals surface area contributed by atoms with Crippen LogP contribution in [0.2, 0.25) is 5.02 Å². The first kappa shape index (κ1) is 15.4. The van der Waals surface area contributed by atoms with Crippen molar-refractivity contribution in [2.75, 3.05) is 7.11 Å². The Morgan fingerprint density at radius 3 is 2.61 bits per heavy atom. The zero-order valence-electron chi connectivity index (χ0n) is 11.7. The fourth-order valence-corrected chi connectivity index (χ4v) is 2.12. The maximum Gasteiger partial charge on any atom is 0.0847 e. The van der Waals surface area contributed by atoms with E-state index in [1.807, 2.05) is 32.4 Å². The molecule has 0 radical (unpaired) electrons. The third kappa shape index (κ3) is 3.03. The maximum atomic E-state index is 6.29. The number of ether oxygens (including phenoxy) is 1. The van der Waals surface area contributed by atoms with Crippen LogP contribution in [0.5, 0.6) is 0 Å². The number of nitrogens with two attached hydrogens (primary N) is 1. The topological polar surface area (TPSA) is 65.1 Å². The van der Waals surface area contributed by atoms with Crippen molar-refractivity contribution in [3.05, 3.63) is 16.4 Å². The van der Waals surface area contributed by atoms with Gasteiger partial charge < -0.3 is 4.74 Å². The van der Waals surface area contributed by atoms with Crippen molar-refractivity contribution in [1.29, 1.82) is 0 Å². The van der Waals surface area contributed by atoms with Crippen LogP contribution in [-0.4, -0.2) is 28.5 Å². The van der Waals surface area contributed by atoms with Gasteiger partial charge in [-0.25, -0.2) is 0 Å².